The monoisotopic (exact) mass is 287 g/mol. The van der Waals surface area contributed by atoms with E-state index in [1.807, 2.05) is 0 Å². The third-order valence-electron chi connectivity index (χ3n) is 3.34. The van der Waals surface area contributed by atoms with Crippen LogP contribution >= 0.6 is 11.6 Å². The number of aryl methyl sites for hydroxylation is 3. The Morgan fingerprint density at radius 3 is 2.65 bits per heavy atom. The van der Waals surface area contributed by atoms with Crippen LogP contribution in [0.1, 0.15) is 22.5 Å². The van der Waals surface area contributed by atoms with Crippen LogP contribution in [-0.4, -0.2) is 25.0 Å². The molecule has 0 amide bonds. The molecule has 102 valence electrons. The van der Waals surface area contributed by atoms with Gasteiger partial charge in [-0.25, -0.2) is 14.6 Å². The van der Waals surface area contributed by atoms with Crippen molar-refractivity contribution in [1.29, 1.82) is 0 Å². The summed E-state index contributed by atoms with van der Waals surface area (Å²) >= 11 is 6.06. The van der Waals surface area contributed by atoms with E-state index in [-0.39, 0.29) is 0 Å². The van der Waals surface area contributed by atoms with Crippen molar-refractivity contribution in [2.75, 3.05) is 0 Å². The SMILES string of the molecule is Cc1nc(Cl)c2nnn(Cc3ccc(C)c(C)c3)c2n1. The first-order valence-corrected chi connectivity index (χ1v) is 6.72. The van der Waals surface area contributed by atoms with Crippen LogP contribution in [0.4, 0.5) is 0 Å². The van der Waals surface area contributed by atoms with Crippen LogP contribution < -0.4 is 0 Å². The smallest absolute Gasteiger partial charge is 0.183 e. The standard InChI is InChI=1S/C14H14ClN5/c1-8-4-5-11(6-9(8)2)7-20-14-12(18-19-20)13(15)16-10(3)17-14/h4-6H,7H2,1-3H3. The maximum absolute atomic E-state index is 6.06. The highest BCUT2D eigenvalue weighted by atomic mass is 35.5. The normalized spacial score (nSPS) is 11.2. The predicted octanol–water partition coefficient (Wildman–Crippen LogP) is 2.85. The number of fused-ring (bicyclic) bond motifs is 1. The van der Waals surface area contributed by atoms with E-state index in [1.54, 1.807) is 11.6 Å². The molecule has 0 N–H and O–H groups in total. The van der Waals surface area contributed by atoms with E-state index in [1.165, 1.54) is 11.1 Å². The molecule has 0 aliphatic carbocycles. The Hall–Kier alpha value is -2.01. The van der Waals surface area contributed by atoms with Gasteiger partial charge in [-0.05, 0) is 37.5 Å². The molecular weight excluding hydrogens is 274 g/mol. The summed E-state index contributed by atoms with van der Waals surface area (Å²) in [5.74, 6) is 0.617. The molecule has 1 aromatic carbocycles. The lowest BCUT2D eigenvalue weighted by atomic mass is 10.1. The molecule has 6 heteroatoms. The van der Waals surface area contributed by atoms with Gasteiger partial charge in [-0.3, -0.25) is 0 Å². The Kier molecular flexibility index (Phi) is 3.14. The van der Waals surface area contributed by atoms with E-state index in [0.29, 0.717) is 28.7 Å². The van der Waals surface area contributed by atoms with Crippen molar-refractivity contribution in [2.45, 2.75) is 27.3 Å². The second-order valence-corrected chi connectivity index (χ2v) is 5.26. The maximum atomic E-state index is 6.06. The Balaban J connectivity index is 2.04. The number of rotatable bonds is 2. The molecule has 5 nitrogen and oxygen atoms in total. The second-order valence-electron chi connectivity index (χ2n) is 4.90. The molecule has 3 rings (SSSR count). The number of nitrogens with zero attached hydrogens (tertiary/aromatic N) is 5. The van der Waals surface area contributed by atoms with Crippen molar-refractivity contribution in [3.63, 3.8) is 0 Å². The molecule has 0 spiro atoms. The van der Waals surface area contributed by atoms with Crippen molar-refractivity contribution < 1.29 is 0 Å². The fraction of sp³-hybridized carbons (Fsp3) is 0.286. The minimum atomic E-state index is 0.346. The summed E-state index contributed by atoms with van der Waals surface area (Å²) in [6.45, 7) is 6.62. The van der Waals surface area contributed by atoms with Crippen LogP contribution in [0.5, 0.6) is 0 Å². The van der Waals surface area contributed by atoms with Gasteiger partial charge in [-0.1, -0.05) is 35.0 Å². The molecule has 0 bridgehead atoms. The molecule has 0 unspecified atom stereocenters. The molecule has 2 aromatic heterocycles. The highest BCUT2D eigenvalue weighted by Crippen LogP contribution is 2.18. The zero-order chi connectivity index (χ0) is 14.3. The van der Waals surface area contributed by atoms with E-state index < -0.39 is 0 Å². The van der Waals surface area contributed by atoms with Gasteiger partial charge in [-0.2, -0.15) is 0 Å². The summed E-state index contributed by atoms with van der Waals surface area (Å²) < 4.78 is 1.75. The van der Waals surface area contributed by atoms with Crippen LogP contribution in [0.25, 0.3) is 11.2 Å². The first-order valence-electron chi connectivity index (χ1n) is 6.34. The molecule has 0 atom stereocenters. The maximum Gasteiger partial charge on any atom is 0.183 e. The van der Waals surface area contributed by atoms with Crippen molar-refractivity contribution in [1.82, 2.24) is 25.0 Å². The number of halogens is 1. The Bertz CT molecular complexity index is 794. The van der Waals surface area contributed by atoms with Crippen molar-refractivity contribution in [3.8, 4) is 0 Å². The summed E-state index contributed by atoms with van der Waals surface area (Å²) in [6.07, 6.45) is 0. The zero-order valence-electron chi connectivity index (χ0n) is 11.6. The van der Waals surface area contributed by atoms with Crippen LogP contribution in [0.15, 0.2) is 18.2 Å². The van der Waals surface area contributed by atoms with Gasteiger partial charge in [0.05, 0.1) is 6.54 Å². The van der Waals surface area contributed by atoms with E-state index in [4.69, 9.17) is 11.6 Å². The molecule has 0 radical (unpaired) electrons. The Morgan fingerprint density at radius 2 is 1.90 bits per heavy atom. The lowest BCUT2D eigenvalue weighted by Gasteiger charge is -2.06. The van der Waals surface area contributed by atoms with Crippen LogP contribution in [0.2, 0.25) is 5.15 Å². The molecule has 20 heavy (non-hydrogen) atoms. The van der Waals surface area contributed by atoms with E-state index in [0.717, 1.165) is 5.56 Å². The minimum absolute atomic E-state index is 0.346. The quantitative estimate of drug-likeness (QED) is 0.680. The van der Waals surface area contributed by atoms with E-state index in [2.05, 4.69) is 52.3 Å². The fourth-order valence-electron chi connectivity index (χ4n) is 2.11. The summed E-state index contributed by atoms with van der Waals surface area (Å²) in [5, 5.41) is 8.52. The molecule has 0 aliphatic rings. The van der Waals surface area contributed by atoms with Gasteiger partial charge < -0.3 is 0 Å². The number of aromatic nitrogens is 5. The topological polar surface area (TPSA) is 56.5 Å². The van der Waals surface area contributed by atoms with Crippen molar-refractivity contribution >= 4 is 22.8 Å². The van der Waals surface area contributed by atoms with Gasteiger partial charge in [0.25, 0.3) is 0 Å². The van der Waals surface area contributed by atoms with Crippen LogP contribution in [-0.2, 0) is 6.54 Å². The van der Waals surface area contributed by atoms with E-state index in [9.17, 15) is 0 Å². The summed E-state index contributed by atoms with van der Waals surface area (Å²) in [5.41, 5.74) is 4.91. The van der Waals surface area contributed by atoms with Gasteiger partial charge in [0.1, 0.15) is 5.82 Å². The number of hydrogen-bond acceptors (Lipinski definition) is 4. The van der Waals surface area contributed by atoms with Crippen LogP contribution in [0.3, 0.4) is 0 Å². The molecule has 0 saturated heterocycles. The molecular formula is C14H14ClN5. The highest BCUT2D eigenvalue weighted by molar-refractivity contribution is 6.33. The summed E-state index contributed by atoms with van der Waals surface area (Å²) in [6, 6.07) is 6.35. The minimum Gasteiger partial charge on any atom is -0.222 e. The Morgan fingerprint density at radius 1 is 1.10 bits per heavy atom. The molecule has 0 saturated carbocycles. The largest absolute Gasteiger partial charge is 0.222 e. The average molecular weight is 288 g/mol. The third kappa shape index (κ3) is 2.25. The molecule has 0 aliphatic heterocycles. The highest BCUT2D eigenvalue weighted by Gasteiger charge is 2.12. The van der Waals surface area contributed by atoms with Gasteiger partial charge in [0.2, 0.25) is 0 Å². The zero-order valence-corrected chi connectivity index (χ0v) is 12.3. The molecule has 2 heterocycles. The lowest BCUT2D eigenvalue weighted by molar-refractivity contribution is 0.663. The molecule has 0 fully saturated rings. The van der Waals surface area contributed by atoms with E-state index >= 15 is 0 Å². The van der Waals surface area contributed by atoms with Crippen molar-refractivity contribution in [2.24, 2.45) is 0 Å². The average Bonchev–Trinajstić information content (AvgIpc) is 2.77. The van der Waals surface area contributed by atoms with Gasteiger partial charge >= 0.3 is 0 Å². The third-order valence-corrected chi connectivity index (χ3v) is 3.60. The Labute approximate surface area is 121 Å². The first kappa shape index (κ1) is 13.0. The lowest BCUT2D eigenvalue weighted by Crippen LogP contribution is -2.04. The fourth-order valence-corrected chi connectivity index (χ4v) is 2.35. The number of benzene rings is 1. The van der Waals surface area contributed by atoms with Gasteiger partial charge in [0.15, 0.2) is 16.3 Å². The summed E-state index contributed by atoms with van der Waals surface area (Å²) in [7, 11) is 0. The second kappa shape index (κ2) is 4.83. The predicted molar refractivity (Wildman–Crippen MR) is 77.9 cm³/mol. The van der Waals surface area contributed by atoms with Crippen molar-refractivity contribution in [3.05, 3.63) is 45.9 Å². The number of hydrogen-bond donors (Lipinski definition) is 0. The first-order chi connectivity index (χ1) is 9.54. The van der Waals surface area contributed by atoms with Gasteiger partial charge in [0, 0.05) is 0 Å². The molecule has 3 aromatic rings. The van der Waals surface area contributed by atoms with Gasteiger partial charge in [-0.15, -0.1) is 5.10 Å². The van der Waals surface area contributed by atoms with Crippen LogP contribution in [0, 0.1) is 20.8 Å². The summed E-state index contributed by atoms with van der Waals surface area (Å²) in [4.78, 5) is 8.46.